The third-order valence-corrected chi connectivity index (χ3v) is 7.61. The van der Waals surface area contributed by atoms with Crippen molar-refractivity contribution in [2.24, 2.45) is 23.5 Å². The van der Waals surface area contributed by atoms with Gasteiger partial charge in [-0.1, -0.05) is 36.4 Å². The lowest BCUT2D eigenvalue weighted by atomic mass is 9.55. The number of amides is 1. The van der Waals surface area contributed by atoms with Crippen molar-refractivity contribution in [3.05, 3.63) is 76.1 Å². The van der Waals surface area contributed by atoms with E-state index in [1.54, 1.807) is 6.07 Å². The van der Waals surface area contributed by atoms with Crippen molar-refractivity contribution in [3.63, 3.8) is 0 Å². The molecule has 3 aliphatic rings. The number of fused-ring (bicyclic) bond motifs is 3. The number of benzene rings is 2. The van der Waals surface area contributed by atoms with Gasteiger partial charge in [0.25, 0.3) is 5.91 Å². The quantitative estimate of drug-likeness (QED) is 0.453. The zero-order chi connectivity index (χ0) is 25.1. The molecule has 1 fully saturated rings. The van der Waals surface area contributed by atoms with Gasteiger partial charge in [0, 0.05) is 12.3 Å². The Labute approximate surface area is 201 Å². The smallest absolute Gasteiger partial charge is 0.255 e. The van der Waals surface area contributed by atoms with Crippen LogP contribution < -0.4 is 5.73 Å². The number of nitrogens with two attached hydrogens (primary N) is 1. The van der Waals surface area contributed by atoms with Crippen molar-refractivity contribution >= 4 is 23.3 Å². The number of ketones is 3. The minimum Gasteiger partial charge on any atom is -0.507 e. The molecule has 180 valence electrons. The van der Waals surface area contributed by atoms with Crippen LogP contribution in [0.4, 0.5) is 0 Å². The molecule has 35 heavy (non-hydrogen) atoms. The molecule has 4 N–H and O–H groups in total. The van der Waals surface area contributed by atoms with E-state index in [-0.39, 0.29) is 36.5 Å². The zero-order valence-corrected chi connectivity index (χ0v) is 19.1. The summed E-state index contributed by atoms with van der Waals surface area (Å²) in [6, 6.07) is 12.2. The molecule has 3 aliphatic carbocycles. The molecule has 5 rings (SSSR count). The molecule has 0 aliphatic heterocycles. The number of aromatic hydroxyl groups is 1. The molecular formula is C27H25NO7. The number of aliphatic hydroxyl groups is 1. The van der Waals surface area contributed by atoms with E-state index in [4.69, 9.17) is 10.5 Å². The fourth-order valence-electron chi connectivity index (χ4n) is 5.85. The number of primary amides is 1. The fraction of sp³-hybridized carbons (Fsp3) is 0.333. The summed E-state index contributed by atoms with van der Waals surface area (Å²) in [6.07, 6.45) is 0.511. The Hall–Kier alpha value is -3.78. The van der Waals surface area contributed by atoms with E-state index in [9.17, 15) is 29.4 Å². The second-order valence-corrected chi connectivity index (χ2v) is 9.59. The molecule has 4 atom stereocenters. The maximum absolute atomic E-state index is 13.6. The van der Waals surface area contributed by atoms with Crippen molar-refractivity contribution in [1.82, 2.24) is 0 Å². The van der Waals surface area contributed by atoms with Gasteiger partial charge in [-0.2, -0.15) is 0 Å². The molecule has 0 spiro atoms. The molecule has 0 bridgehead atoms. The first-order valence-electron chi connectivity index (χ1n) is 11.5. The Balaban J connectivity index is 1.53. The van der Waals surface area contributed by atoms with Crippen molar-refractivity contribution in [1.29, 1.82) is 0 Å². The normalized spacial score (nSPS) is 27.7. The molecule has 2 aromatic rings. The van der Waals surface area contributed by atoms with Crippen LogP contribution in [0.1, 0.15) is 39.9 Å². The number of ether oxygens (including phenoxy) is 1. The Kier molecular flexibility index (Phi) is 5.36. The maximum atomic E-state index is 13.6. The van der Waals surface area contributed by atoms with Gasteiger partial charge in [0.05, 0.1) is 11.5 Å². The van der Waals surface area contributed by atoms with Crippen molar-refractivity contribution < 1.29 is 34.1 Å². The molecule has 8 nitrogen and oxygen atoms in total. The van der Waals surface area contributed by atoms with E-state index >= 15 is 0 Å². The lowest BCUT2D eigenvalue weighted by molar-refractivity contribution is -0.166. The number of phenols is 1. The SMILES string of the molecule is Cc1ccc(O)c2c1C[C@H]1C[C@H]3CC(OCc4ccccc4)=C(C(N)=O)C(=O)[C@@]3(O)C(=O)C1C2=O. The van der Waals surface area contributed by atoms with Crippen LogP contribution in [0.15, 0.2) is 53.8 Å². The van der Waals surface area contributed by atoms with Gasteiger partial charge in [0.15, 0.2) is 17.2 Å². The first kappa shape index (κ1) is 23.0. The summed E-state index contributed by atoms with van der Waals surface area (Å²) in [6.45, 7) is 1.91. The number of carbonyl (C=O) groups is 4. The highest BCUT2D eigenvalue weighted by molar-refractivity contribution is 6.32. The average Bonchev–Trinajstić information content (AvgIpc) is 2.82. The third kappa shape index (κ3) is 3.39. The van der Waals surface area contributed by atoms with Crippen LogP contribution >= 0.6 is 0 Å². The van der Waals surface area contributed by atoms with Crippen LogP contribution in [-0.2, 0) is 32.1 Å². The molecule has 0 radical (unpaired) electrons. The van der Waals surface area contributed by atoms with E-state index in [2.05, 4.69) is 0 Å². The van der Waals surface area contributed by atoms with Gasteiger partial charge in [-0.15, -0.1) is 0 Å². The lowest BCUT2D eigenvalue weighted by Gasteiger charge is -2.48. The van der Waals surface area contributed by atoms with E-state index in [1.165, 1.54) is 6.07 Å². The summed E-state index contributed by atoms with van der Waals surface area (Å²) in [7, 11) is 0. The van der Waals surface area contributed by atoms with Crippen molar-refractivity contribution in [2.45, 2.75) is 38.4 Å². The van der Waals surface area contributed by atoms with Crippen molar-refractivity contribution in [3.8, 4) is 5.75 Å². The number of carbonyl (C=O) groups excluding carboxylic acids is 4. The predicted molar refractivity (Wildman–Crippen MR) is 123 cm³/mol. The number of aryl methyl sites for hydroxylation is 1. The first-order valence-corrected chi connectivity index (χ1v) is 11.5. The van der Waals surface area contributed by atoms with Gasteiger partial charge in [-0.3, -0.25) is 19.2 Å². The Morgan fingerprint density at radius 2 is 1.83 bits per heavy atom. The molecule has 8 heteroatoms. The molecule has 1 amide bonds. The molecule has 2 aromatic carbocycles. The highest BCUT2D eigenvalue weighted by Gasteiger charge is 2.64. The van der Waals surface area contributed by atoms with Crippen LogP contribution in [0.3, 0.4) is 0 Å². The highest BCUT2D eigenvalue weighted by atomic mass is 16.5. The maximum Gasteiger partial charge on any atom is 0.255 e. The monoisotopic (exact) mass is 475 g/mol. The summed E-state index contributed by atoms with van der Waals surface area (Å²) in [5.74, 6) is -6.59. The second-order valence-electron chi connectivity index (χ2n) is 9.59. The van der Waals surface area contributed by atoms with Gasteiger partial charge >= 0.3 is 0 Å². The van der Waals surface area contributed by atoms with Crippen molar-refractivity contribution in [2.75, 3.05) is 0 Å². The van der Waals surface area contributed by atoms with E-state index in [1.807, 2.05) is 37.3 Å². The number of Topliss-reactive ketones (excluding diaryl/α,β-unsaturated/α-hetero) is 3. The van der Waals surface area contributed by atoms with Crippen LogP contribution in [0, 0.1) is 24.7 Å². The van der Waals surface area contributed by atoms with E-state index < -0.39 is 52.2 Å². The van der Waals surface area contributed by atoms with Crippen LogP contribution in [0.5, 0.6) is 5.75 Å². The molecular weight excluding hydrogens is 450 g/mol. The fourth-order valence-corrected chi connectivity index (χ4v) is 5.85. The Morgan fingerprint density at radius 1 is 1.11 bits per heavy atom. The lowest BCUT2D eigenvalue weighted by Crippen LogP contribution is -2.65. The van der Waals surface area contributed by atoms with Gasteiger partial charge < -0.3 is 20.7 Å². The molecule has 1 saturated carbocycles. The minimum atomic E-state index is -2.56. The predicted octanol–water partition coefficient (Wildman–Crippen LogP) is 1.92. The zero-order valence-electron chi connectivity index (χ0n) is 19.1. The molecule has 0 aromatic heterocycles. The Morgan fingerprint density at radius 3 is 2.51 bits per heavy atom. The summed E-state index contributed by atoms with van der Waals surface area (Å²) >= 11 is 0. The number of hydrogen-bond acceptors (Lipinski definition) is 7. The van der Waals surface area contributed by atoms with Gasteiger partial charge in [-0.25, -0.2) is 0 Å². The third-order valence-electron chi connectivity index (χ3n) is 7.61. The van der Waals surface area contributed by atoms with E-state index in [0.29, 0.717) is 12.0 Å². The van der Waals surface area contributed by atoms with Crippen LogP contribution in [0.25, 0.3) is 0 Å². The van der Waals surface area contributed by atoms with Gasteiger partial charge in [0.1, 0.15) is 23.7 Å². The number of phenolic OH excluding ortho intramolecular Hbond substituents is 1. The van der Waals surface area contributed by atoms with Crippen LogP contribution in [-0.4, -0.2) is 39.1 Å². The molecule has 0 saturated heterocycles. The largest absolute Gasteiger partial charge is 0.507 e. The first-order chi connectivity index (χ1) is 16.6. The summed E-state index contributed by atoms with van der Waals surface area (Å²) in [5.41, 5.74) is 4.73. The molecule has 1 unspecified atom stereocenters. The van der Waals surface area contributed by atoms with Crippen LogP contribution in [0.2, 0.25) is 0 Å². The second kappa shape index (κ2) is 8.16. The number of allylic oxidation sites excluding steroid dienone is 1. The number of hydrogen-bond donors (Lipinski definition) is 3. The molecule has 0 heterocycles. The standard InChI is InChI=1S/C27H25NO7/c1-13-7-8-18(29)21-17(13)10-15-9-16-11-19(35-12-14-5-3-2-4-6-14)22(26(28)33)25(32)27(16,34)24(31)20(15)23(21)30/h2-8,15-16,20,29,34H,9-12H2,1H3,(H2,28,33)/t15-,16+,20?,27+/m1/s1. The van der Waals surface area contributed by atoms with Gasteiger partial charge in [0.2, 0.25) is 5.78 Å². The highest BCUT2D eigenvalue weighted by Crippen LogP contribution is 2.51. The number of rotatable bonds is 4. The summed E-state index contributed by atoms with van der Waals surface area (Å²) in [4.78, 5) is 52.6. The summed E-state index contributed by atoms with van der Waals surface area (Å²) in [5, 5.41) is 21.8. The van der Waals surface area contributed by atoms with Gasteiger partial charge in [-0.05, 0) is 48.4 Å². The topological polar surface area (TPSA) is 144 Å². The summed E-state index contributed by atoms with van der Waals surface area (Å²) < 4.78 is 5.83. The Bertz CT molecular complexity index is 1310. The van der Waals surface area contributed by atoms with E-state index in [0.717, 1.165) is 11.1 Å². The minimum absolute atomic E-state index is 0.0393. The average molecular weight is 475 g/mol.